The minimum absolute atomic E-state index is 0.00430. The van der Waals surface area contributed by atoms with Crippen LogP contribution in [0.5, 0.6) is 0 Å². The van der Waals surface area contributed by atoms with Crippen LogP contribution in [-0.2, 0) is 16.9 Å². The standard InChI is InChI=1S/C18H19ClFN3O2/c19-14-5-2-1-4-13(14)10-15(24)23-9-3-8-18(20,11-23)17-21-16(22-25-17)12-6-7-12/h1-2,4-5,12H,3,6-11H2. The van der Waals surface area contributed by atoms with Crippen molar-refractivity contribution in [2.75, 3.05) is 13.1 Å². The lowest BCUT2D eigenvalue weighted by atomic mass is 9.94. The fourth-order valence-electron chi connectivity index (χ4n) is 3.24. The lowest BCUT2D eigenvalue weighted by Gasteiger charge is -2.35. The molecule has 5 nitrogen and oxygen atoms in total. The maximum absolute atomic E-state index is 15.4. The normalized spacial score (nSPS) is 23.7. The van der Waals surface area contributed by atoms with Crippen LogP contribution in [0.25, 0.3) is 0 Å². The van der Waals surface area contributed by atoms with Gasteiger partial charge in [-0.1, -0.05) is 35.0 Å². The third kappa shape index (κ3) is 3.40. The molecule has 132 valence electrons. The van der Waals surface area contributed by atoms with Gasteiger partial charge in [0.15, 0.2) is 5.82 Å². The number of alkyl halides is 1. The van der Waals surface area contributed by atoms with Crippen molar-refractivity contribution < 1.29 is 13.7 Å². The van der Waals surface area contributed by atoms with Gasteiger partial charge in [-0.25, -0.2) is 4.39 Å². The molecule has 1 amide bonds. The number of hydrogen-bond donors (Lipinski definition) is 0. The van der Waals surface area contributed by atoms with Gasteiger partial charge in [-0.15, -0.1) is 0 Å². The summed E-state index contributed by atoms with van der Waals surface area (Å²) in [6.45, 7) is 0.473. The molecule has 1 saturated carbocycles. The number of carbonyl (C=O) groups excluding carboxylic acids is 1. The van der Waals surface area contributed by atoms with Gasteiger partial charge in [0, 0.05) is 17.5 Å². The summed E-state index contributed by atoms with van der Waals surface area (Å²) in [7, 11) is 0. The zero-order chi connectivity index (χ0) is 17.4. The van der Waals surface area contributed by atoms with Gasteiger partial charge in [-0.05, 0) is 37.3 Å². The van der Waals surface area contributed by atoms with Crippen molar-refractivity contribution in [1.82, 2.24) is 15.0 Å². The maximum atomic E-state index is 15.4. The molecule has 1 aliphatic heterocycles. The van der Waals surface area contributed by atoms with E-state index in [0.717, 1.165) is 18.4 Å². The van der Waals surface area contributed by atoms with Gasteiger partial charge >= 0.3 is 0 Å². The van der Waals surface area contributed by atoms with E-state index in [1.807, 2.05) is 18.2 Å². The molecule has 4 rings (SSSR count). The van der Waals surface area contributed by atoms with E-state index < -0.39 is 5.67 Å². The molecule has 1 unspecified atom stereocenters. The van der Waals surface area contributed by atoms with Crippen molar-refractivity contribution >= 4 is 17.5 Å². The van der Waals surface area contributed by atoms with Crippen molar-refractivity contribution in [2.45, 2.75) is 43.7 Å². The molecular weight excluding hydrogens is 345 g/mol. The molecule has 0 N–H and O–H groups in total. The summed E-state index contributed by atoms with van der Waals surface area (Å²) in [5, 5.41) is 4.45. The van der Waals surface area contributed by atoms with E-state index in [1.165, 1.54) is 4.90 Å². The number of hydrogen-bond acceptors (Lipinski definition) is 4. The Balaban J connectivity index is 1.47. The number of amides is 1. The molecule has 1 aromatic carbocycles. The van der Waals surface area contributed by atoms with Gasteiger partial charge in [0.05, 0.1) is 13.0 Å². The van der Waals surface area contributed by atoms with Gasteiger partial charge in [-0.3, -0.25) is 4.79 Å². The van der Waals surface area contributed by atoms with Gasteiger partial charge in [0.1, 0.15) is 0 Å². The van der Waals surface area contributed by atoms with Gasteiger partial charge < -0.3 is 9.42 Å². The highest BCUT2D eigenvalue weighted by molar-refractivity contribution is 6.31. The first-order valence-corrected chi connectivity index (χ1v) is 8.97. The Bertz CT molecular complexity index is 792. The second kappa shape index (κ2) is 6.41. The number of nitrogens with zero attached hydrogens (tertiary/aromatic N) is 3. The Hall–Kier alpha value is -1.95. The Morgan fingerprint density at radius 3 is 2.96 bits per heavy atom. The number of piperidine rings is 1. The van der Waals surface area contributed by atoms with Crippen LogP contribution in [0.2, 0.25) is 5.02 Å². The van der Waals surface area contributed by atoms with E-state index >= 15 is 4.39 Å². The average Bonchev–Trinajstić information content (AvgIpc) is 3.33. The molecule has 1 aromatic heterocycles. The Kier molecular flexibility index (Phi) is 4.23. The zero-order valence-electron chi connectivity index (χ0n) is 13.8. The van der Waals surface area contributed by atoms with Crippen LogP contribution in [0.4, 0.5) is 4.39 Å². The summed E-state index contributed by atoms with van der Waals surface area (Å²) >= 11 is 6.12. The van der Waals surface area contributed by atoms with Crippen molar-refractivity contribution in [3.8, 4) is 0 Å². The van der Waals surface area contributed by atoms with E-state index in [4.69, 9.17) is 16.1 Å². The zero-order valence-corrected chi connectivity index (χ0v) is 14.5. The maximum Gasteiger partial charge on any atom is 0.266 e. The second-order valence-electron chi connectivity index (χ2n) is 6.88. The number of aromatic nitrogens is 2. The Labute approximate surface area is 150 Å². The van der Waals surface area contributed by atoms with Crippen molar-refractivity contribution in [1.29, 1.82) is 0 Å². The fourth-order valence-corrected chi connectivity index (χ4v) is 3.44. The highest BCUT2D eigenvalue weighted by Crippen LogP contribution is 2.41. The Morgan fingerprint density at radius 2 is 2.20 bits per heavy atom. The number of rotatable bonds is 4. The van der Waals surface area contributed by atoms with E-state index in [9.17, 15) is 4.79 Å². The van der Waals surface area contributed by atoms with E-state index in [-0.39, 0.29) is 31.2 Å². The van der Waals surface area contributed by atoms with Crippen LogP contribution in [0.15, 0.2) is 28.8 Å². The largest absolute Gasteiger partial charge is 0.339 e. The minimum Gasteiger partial charge on any atom is -0.339 e. The summed E-state index contributed by atoms with van der Waals surface area (Å²) in [5.74, 6) is 0.760. The number of benzene rings is 1. The summed E-state index contributed by atoms with van der Waals surface area (Å²) in [6, 6.07) is 7.21. The van der Waals surface area contributed by atoms with E-state index in [1.54, 1.807) is 6.07 Å². The molecule has 2 aliphatic rings. The fraction of sp³-hybridized carbons (Fsp3) is 0.500. The predicted molar refractivity (Wildman–Crippen MR) is 90.0 cm³/mol. The average molecular weight is 364 g/mol. The van der Waals surface area contributed by atoms with Gasteiger partial charge in [0.25, 0.3) is 5.89 Å². The lowest BCUT2D eigenvalue weighted by Crippen LogP contribution is -2.47. The number of halogens is 2. The van der Waals surface area contributed by atoms with Crippen LogP contribution in [-0.4, -0.2) is 34.0 Å². The summed E-state index contributed by atoms with van der Waals surface area (Å²) in [4.78, 5) is 18.4. The molecule has 0 spiro atoms. The molecule has 1 atom stereocenters. The van der Waals surface area contributed by atoms with Crippen LogP contribution >= 0.6 is 11.6 Å². The van der Waals surface area contributed by atoms with E-state index in [2.05, 4.69) is 10.1 Å². The first-order valence-electron chi connectivity index (χ1n) is 8.59. The van der Waals surface area contributed by atoms with Crippen LogP contribution in [0, 0.1) is 0 Å². The summed E-state index contributed by atoms with van der Waals surface area (Å²) < 4.78 is 20.6. The highest BCUT2D eigenvalue weighted by atomic mass is 35.5. The number of likely N-dealkylation sites (tertiary alicyclic amines) is 1. The lowest BCUT2D eigenvalue weighted by molar-refractivity contribution is -0.135. The highest BCUT2D eigenvalue weighted by Gasteiger charge is 2.44. The quantitative estimate of drug-likeness (QED) is 0.832. The molecule has 1 saturated heterocycles. The monoisotopic (exact) mass is 363 g/mol. The predicted octanol–water partition coefficient (Wildman–Crippen LogP) is 3.63. The summed E-state index contributed by atoms with van der Waals surface area (Å²) in [5.41, 5.74) is -1.02. The summed E-state index contributed by atoms with van der Waals surface area (Å²) in [6.07, 6.45) is 3.06. The van der Waals surface area contributed by atoms with Crippen molar-refractivity contribution in [3.63, 3.8) is 0 Å². The SMILES string of the molecule is O=C(Cc1ccccc1Cl)N1CCCC(F)(c2nc(C3CC3)no2)C1. The second-order valence-corrected chi connectivity index (χ2v) is 7.29. The molecule has 25 heavy (non-hydrogen) atoms. The van der Waals surface area contributed by atoms with Crippen LogP contribution in [0.3, 0.4) is 0 Å². The third-order valence-corrected chi connectivity index (χ3v) is 5.23. The topological polar surface area (TPSA) is 59.2 Å². The van der Waals surface area contributed by atoms with E-state index in [0.29, 0.717) is 29.7 Å². The molecule has 1 aliphatic carbocycles. The first kappa shape index (κ1) is 16.5. The third-order valence-electron chi connectivity index (χ3n) is 4.86. The van der Waals surface area contributed by atoms with Crippen LogP contribution < -0.4 is 0 Å². The smallest absolute Gasteiger partial charge is 0.266 e. The number of carbonyl (C=O) groups is 1. The van der Waals surface area contributed by atoms with Crippen molar-refractivity contribution in [3.05, 3.63) is 46.6 Å². The van der Waals surface area contributed by atoms with Crippen molar-refractivity contribution in [2.24, 2.45) is 0 Å². The molecule has 0 radical (unpaired) electrons. The molecular formula is C18H19ClFN3O2. The minimum atomic E-state index is -1.77. The van der Waals surface area contributed by atoms with Gasteiger partial charge in [0.2, 0.25) is 11.6 Å². The Morgan fingerprint density at radius 1 is 1.40 bits per heavy atom. The molecule has 0 bridgehead atoms. The molecule has 2 aromatic rings. The first-order chi connectivity index (χ1) is 12.0. The molecule has 7 heteroatoms. The van der Waals surface area contributed by atoms with Gasteiger partial charge in [-0.2, -0.15) is 4.98 Å². The molecule has 2 heterocycles. The molecule has 2 fully saturated rings. The van der Waals surface area contributed by atoms with Crippen LogP contribution in [0.1, 0.15) is 48.9 Å².